The maximum atomic E-state index is 12.3. The molecule has 0 saturated carbocycles. The number of alkyl halides is 1. The molecule has 4 nitrogen and oxygen atoms in total. The van der Waals surface area contributed by atoms with E-state index in [9.17, 15) is 9.59 Å². The first kappa shape index (κ1) is 18.7. The lowest BCUT2D eigenvalue weighted by Crippen LogP contribution is -2.13. The summed E-state index contributed by atoms with van der Waals surface area (Å²) < 4.78 is 10.7. The second-order valence-electron chi connectivity index (χ2n) is 5.76. The normalized spacial score (nSPS) is 11.4. The van der Waals surface area contributed by atoms with Crippen LogP contribution in [-0.2, 0) is 16.0 Å². The molecular weight excluding hydrogens is 364 g/mol. The zero-order valence-electron chi connectivity index (χ0n) is 14.4. The third-order valence-corrected chi connectivity index (χ3v) is 4.16. The van der Waals surface area contributed by atoms with Crippen LogP contribution in [0.25, 0.3) is 0 Å². The first-order valence-corrected chi connectivity index (χ1v) is 8.81. The van der Waals surface area contributed by atoms with Gasteiger partial charge >= 0.3 is 11.9 Å². The van der Waals surface area contributed by atoms with Crippen LogP contribution < -0.4 is 4.74 Å². The number of rotatable bonds is 6. The van der Waals surface area contributed by atoms with Gasteiger partial charge in [0.1, 0.15) is 5.75 Å². The van der Waals surface area contributed by atoms with E-state index in [4.69, 9.17) is 21.1 Å². The number of halogens is 1. The molecule has 0 radical (unpaired) electrons. The van der Waals surface area contributed by atoms with Gasteiger partial charge in [0.15, 0.2) is 0 Å². The highest BCUT2D eigenvalue weighted by Gasteiger charge is 2.17. The lowest BCUT2D eigenvalue weighted by molar-refractivity contribution is -0.144. The summed E-state index contributed by atoms with van der Waals surface area (Å²) in [7, 11) is 0. The topological polar surface area (TPSA) is 52.6 Å². The predicted molar refractivity (Wildman–Crippen MR) is 103 cm³/mol. The number of carbonyl (C=O) groups is 2. The fourth-order valence-corrected chi connectivity index (χ4v) is 2.71. The van der Waals surface area contributed by atoms with Crippen LogP contribution in [-0.4, -0.2) is 11.9 Å². The van der Waals surface area contributed by atoms with Crippen molar-refractivity contribution in [2.45, 2.75) is 12.0 Å². The fourth-order valence-electron chi connectivity index (χ4n) is 2.47. The van der Waals surface area contributed by atoms with Gasteiger partial charge in [-0.05, 0) is 18.2 Å². The quantitative estimate of drug-likeness (QED) is 0.345. The van der Waals surface area contributed by atoms with Crippen molar-refractivity contribution in [3.05, 3.63) is 102 Å². The van der Waals surface area contributed by atoms with Crippen LogP contribution in [0.4, 0.5) is 0 Å². The van der Waals surface area contributed by atoms with Gasteiger partial charge in [0.25, 0.3) is 0 Å². The first-order valence-electron chi connectivity index (χ1n) is 8.37. The Hall–Kier alpha value is -3.11. The molecule has 0 amide bonds. The molecule has 0 saturated heterocycles. The second-order valence-corrected chi connectivity index (χ2v) is 6.15. The Morgan fingerprint density at radius 2 is 1.41 bits per heavy atom. The Bertz CT molecular complexity index is 910. The largest absolute Gasteiger partial charge is 0.441 e. The van der Waals surface area contributed by atoms with Gasteiger partial charge in [0.2, 0.25) is 5.56 Å². The van der Waals surface area contributed by atoms with Crippen molar-refractivity contribution in [2.24, 2.45) is 0 Å². The lowest BCUT2D eigenvalue weighted by Gasteiger charge is -2.13. The van der Waals surface area contributed by atoms with Gasteiger partial charge in [-0.3, -0.25) is 4.79 Å². The minimum absolute atomic E-state index is 0.0612. The SMILES string of the molecule is O=C(Cc1ccccc1OC(=O)c1ccccc1)OC(Cl)c1ccccc1. The summed E-state index contributed by atoms with van der Waals surface area (Å²) in [6.45, 7) is 0. The third-order valence-electron chi connectivity index (χ3n) is 3.82. The molecule has 0 aromatic heterocycles. The predicted octanol–water partition coefficient (Wildman–Crippen LogP) is 4.93. The summed E-state index contributed by atoms with van der Waals surface area (Å²) in [5, 5.41) is 0. The van der Waals surface area contributed by atoms with Crippen LogP contribution in [0.5, 0.6) is 5.75 Å². The highest BCUT2D eigenvalue weighted by atomic mass is 35.5. The maximum absolute atomic E-state index is 12.3. The van der Waals surface area contributed by atoms with E-state index in [1.54, 1.807) is 60.7 Å². The Kier molecular flexibility index (Phi) is 6.23. The molecule has 0 aliphatic heterocycles. The minimum Gasteiger partial charge on any atom is -0.441 e. The number of hydrogen-bond donors (Lipinski definition) is 0. The van der Waals surface area contributed by atoms with E-state index < -0.39 is 17.5 Å². The zero-order valence-corrected chi connectivity index (χ0v) is 15.1. The van der Waals surface area contributed by atoms with Crippen LogP contribution in [0.15, 0.2) is 84.9 Å². The Labute approximate surface area is 162 Å². The Balaban J connectivity index is 1.67. The zero-order chi connectivity index (χ0) is 19.1. The third kappa shape index (κ3) is 5.19. The smallest absolute Gasteiger partial charge is 0.343 e. The lowest BCUT2D eigenvalue weighted by atomic mass is 10.1. The van der Waals surface area contributed by atoms with Crippen LogP contribution in [0.1, 0.15) is 27.0 Å². The molecule has 0 spiro atoms. The summed E-state index contributed by atoms with van der Waals surface area (Å²) in [5.74, 6) is -0.688. The van der Waals surface area contributed by atoms with Crippen molar-refractivity contribution in [3.63, 3.8) is 0 Å². The summed E-state index contributed by atoms with van der Waals surface area (Å²) >= 11 is 6.14. The van der Waals surface area contributed by atoms with Gasteiger partial charge in [0.05, 0.1) is 12.0 Å². The van der Waals surface area contributed by atoms with Crippen molar-refractivity contribution >= 4 is 23.5 Å². The summed E-state index contributed by atoms with van der Waals surface area (Å²) in [6.07, 6.45) is -0.0612. The van der Waals surface area contributed by atoms with Crippen LogP contribution in [0, 0.1) is 0 Å². The average Bonchev–Trinajstić information content (AvgIpc) is 2.70. The number of ether oxygens (including phenoxy) is 2. The van der Waals surface area contributed by atoms with E-state index in [1.165, 1.54) is 0 Å². The van der Waals surface area contributed by atoms with Gasteiger partial charge in [-0.2, -0.15) is 0 Å². The summed E-state index contributed by atoms with van der Waals surface area (Å²) in [4.78, 5) is 24.5. The van der Waals surface area contributed by atoms with E-state index in [0.29, 0.717) is 22.4 Å². The molecule has 0 aliphatic carbocycles. The molecule has 0 aliphatic rings. The number of para-hydroxylation sites is 1. The summed E-state index contributed by atoms with van der Waals surface area (Å²) in [5.41, 5.74) is 0.789. The molecule has 136 valence electrons. The van der Waals surface area contributed by atoms with Crippen molar-refractivity contribution in [3.8, 4) is 5.75 Å². The van der Waals surface area contributed by atoms with Gasteiger partial charge in [-0.15, -0.1) is 0 Å². The van der Waals surface area contributed by atoms with Crippen LogP contribution >= 0.6 is 11.6 Å². The number of esters is 2. The molecule has 0 fully saturated rings. The standard InChI is InChI=1S/C22H17ClO4/c23-21(16-9-3-1-4-10-16)27-20(24)15-18-13-7-8-14-19(18)26-22(25)17-11-5-2-6-12-17/h1-14,21H,15H2. The van der Waals surface area contributed by atoms with E-state index in [0.717, 1.165) is 0 Å². The van der Waals surface area contributed by atoms with Crippen molar-refractivity contribution in [1.29, 1.82) is 0 Å². The average molecular weight is 381 g/mol. The molecule has 0 N–H and O–H groups in total. The number of benzene rings is 3. The van der Waals surface area contributed by atoms with Crippen LogP contribution in [0.3, 0.4) is 0 Å². The molecule has 0 heterocycles. The Morgan fingerprint density at radius 1 is 0.815 bits per heavy atom. The molecule has 1 unspecified atom stereocenters. The van der Waals surface area contributed by atoms with E-state index >= 15 is 0 Å². The summed E-state index contributed by atoms with van der Waals surface area (Å²) in [6, 6.07) is 24.5. The van der Waals surface area contributed by atoms with Crippen molar-refractivity contribution in [1.82, 2.24) is 0 Å². The molecular formula is C22H17ClO4. The molecule has 3 rings (SSSR count). The fraction of sp³-hybridized carbons (Fsp3) is 0.0909. The molecule has 5 heteroatoms. The van der Waals surface area contributed by atoms with Gasteiger partial charge in [-0.25, -0.2) is 4.79 Å². The minimum atomic E-state index is -0.877. The van der Waals surface area contributed by atoms with E-state index in [1.807, 2.05) is 24.3 Å². The highest BCUT2D eigenvalue weighted by Crippen LogP contribution is 2.24. The van der Waals surface area contributed by atoms with Gasteiger partial charge in [0, 0.05) is 11.1 Å². The van der Waals surface area contributed by atoms with Crippen LogP contribution in [0.2, 0.25) is 0 Å². The number of hydrogen-bond acceptors (Lipinski definition) is 4. The molecule has 0 bridgehead atoms. The highest BCUT2D eigenvalue weighted by molar-refractivity contribution is 6.20. The van der Waals surface area contributed by atoms with E-state index in [2.05, 4.69) is 0 Å². The Morgan fingerprint density at radius 3 is 2.11 bits per heavy atom. The molecule has 3 aromatic carbocycles. The first-order chi connectivity index (χ1) is 13.1. The van der Waals surface area contributed by atoms with Gasteiger partial charge in [-0.1, -0.05) is 78.3 Å². The second kappa shape index (κ2) is 9.01. The molecule has 27 heavy (non-hydrogen) atoms. The van der Waals surface area contributed by atoms with E-state index in [-0.39, 0.29) is 6.42 Å². The maximum Gasteiger partial charge on any atom is 0.343 e. The van der Waals surface area contributed by atoms with Gasteiger partial charge < -0.3 is 9.47 Å². The van der Waals surface area contributed by atoms with Crippen molar-refractivity contribution in [2.75, 3.05) is 0 Å². The monoisotopic (exact) mass is 380 g/mol. The van der Waals surface area contributed by atoms with Crippen molar-refractivity contribution < 1.29 is 19.1 Å². The number of carbonyl (C=O) groups excluding carboxylic acids is 2. The molecule has 1 atom stereocenters. The molecule has 3 aromatic rings.